The Bertz CT molecular complexity index is 448. The summed E-state index contributed by atoms with van der Waals surface area (Å²) in [6.07, 6.45) is 4.18. The van der Waals surface area contributed by atoms with Crippen molar-refractivity contribution in [2.45, 2.75) is 51.6 Å². The molecule has 2 fully saturated rings. The number of hydrogen-bond acceptors (Lipinski definition) is 2. The van der Waals surface area contributed by atoms with Crippen LogP contribution in [0, 0.1) is 5.41 Å². The lowest BCUT2D eigenvalue weighted by Gasteiger charge is -2.46. The van der Waals surface area contributed by atoms with Crippen molar-refractivity contribution in [1.29, 1.82) is 0 Å². The third-order valence-corrected chi connectivity index (χ3v) is 5.24. The number of nitrogens with one attached hydrogen (secondary N) is 1. The van der Waals surface area contributed by atoms with Crippen molar-refractivity contribution in [3.05, 3.63) is 35.9 Å². The summed E-state index contributed by atoms with van der Waals surface area (Å²) < 4.78 is 0. The molecule has 0 bridgehead atoms. The van der Waals surface area contributed by atoms with Crippen molar-refractivity contribution < 1.29 is 0 Å². The second-order valence-corrected chi connectivity index (χ2v) is 7.45. The van der Waals surface area contributed by atoms with E-state index in [2.05, 4.69) is 61.3 Å². The summed E-state index contributed by atoms with van der Waals surface area (Å²) in [6.45, 7) is 10.5. The summed E-state index contributed by atoms with van der Waals surface area (Å²) >= 11 is 0. The molecule has 1 heterocycles. The third kappa shape index (κ3) is 2.91. The van der Waals surface area contributed by atoms with Crippen molar-refractivity contribution in [2.24, 2.45) is 5.41 Å². The van der Waals surface area contributed by atoms with Crippen molar-refractivity contribution in [3.8, 4) is 0 Å². The first-order chi connectivity index (χ1) is 9.54. The molecule has 0 amide bonds. The molecule has 1 aliphatic heterocycles. The average molecular weight is 272 g/mol. The maximum absolute atomic E-state index is 3.72. The fourth-order valence-corrected chi connectivity index (χ4v) is 3.58. The minimum Gasteiger partial charge on any atom is -0.309 e. The first-order valence-electron chi connectivity index (χ1n) is 8.08. The first-order valence-corrected chi connectivity index (χ1v) is 8.08. The Kier molecular flexibility index (Phi) is 3.64. The van der Waals surface area contributed by atoms with Crippen LogP contribution in [0.5, 0.6) is 0 Å². The topological polar surface area (TPSA) is 15.3 Å². The van der Waals surface area contributed by atoms with Crippen molar-refractivity contribution in [3.63, 3.8) is 0 Å². The molecule has 3 rings (SSSR count). The molecular formula is C18H28N2. The van der Waals surface area contributed by atoms with E-state index in [0.29, 0.717) is 11.5 Å². The molecule has 1 aromatic carbocycles. The van der Waals surface area contributed by atoms with Gasteiger partial charge in [-0.3, -0.25) is 4.90 Å². The highest BCUT2D eigenvalue weighted by molar-refractivity contribution is 5.21. The monoisotopic (exact) mass is 272 g/mol. The summed E-state index contributed by atoms with van der Waals surface area (Å²) in [6, 6.07) is 11.5. The molecule has 1 aromatic rings. The predicted octanol–water partition coefficient (Wildman–Crippen LogP) is 3.60. The minimum absolute atomic E-state index is 0.231. The maximum Gasteiger partial charge on any atom is 0.0473 e. The van der Waals surface area contributed by atoms with E-state index in [1.165, 1.54) is 31.4 Å². The van der Waals surface area contributed by atoms with Crippen LogP contribution in [0.1, 0.15) is 51.6 Å². The van der Waals surface area contributed by atoms with Crippen LogP contribution >= 0.6 is 0 Å². The van der Waals surface area contributed by atoms with Gasteiger partial charge in [0.25, 0.3) is 0 Å². The van der Waals surface area contributed by atoms with Crippen molar-refractivity contribution >= 4 is 0 Å². The van der Waals surface area contributed by atoms with E-state index in [9.17, 15) is 0 Å². The second kappa shape index (κ2) is 5.16. The Morgan fingerprint density at radius 2 is 1.90 bits per heavy atom. The molecule has 1 N–H and O–H groups in total. The summed E-state index contributed by atoms with van der Waals surface area (Å²) in [7, 11) is 0. The van der Waals surface area contributed by atoms with Gasteiger partial charge in [0, 0.05) is 31.2 Å². The van der Waals surface area contributed by atoms with Crippen LogP contribution < -0.4 is 5.32 Å². The van der Waals surface area contributed by atoms with Crippen LogP contribution in [0.25, 0.3) is 0 Å². The largest absolute Gasteiger partial charge is 0.309 e. The standard InChI is InChI=1S/C18H28N2/c1-4-18(10-11-18)14-20-13-17(2,3)19-12-16(20)15-8-6-5-7-9-15/h5-9,16,19H,4,10-14H2,1-3H3. The van der Waals surface area contributed by atoms with E-state index in [1.54, 1.807) is 0 Å². The summed E-state index contributed by atoms with van der Waals surface area (Å²) in [4.78, 5) is 2.74. The van der Waals surface area contributed by atoms with E-state index in [-0.39, 0.29) is 5.54 Å². The van der Waals surface area contributed by atoms with Gasteiger partial charge in [-0.1, -0.05) is 37.3 Å². The zero-order valence-electron chi connectivity index (χ0n) is 13.2. The Labute approximate surface area is 123 Å². The molecule has 2 nitrogen and oxygen atoms in total. The zero-order chi connectivity index (χ0) is 14.2. The molecule has 1 unspecified atom stereocenters. The number of piperazine rings is 1. The van der Waals surface area contributed by atoms with Gasteiger partial charge >= 0.3 is 0 Å². The highest BCUT2D eigenvalue weighted by Crippen LogP contribution is 2.50. The Balaban J connectivity index is 1.80. The van der Waals surface area contributed by atoms with Gasteiger partial charge in [0.1, 0.15) is 0 Å². The van der Waals surface area contributed by atoms with Crippen LogP contribution in [0.15, 0.2) is 30.3 Å². The average Bonchev–Trinajstić information content (AvgIpc) is 3.19. The van der Waals surface area contributed by atoms with Crippen LogP contribution in [0.4, 0.5) is 0 Å². The van der Waals surface area contributed by atoms with Crippen LogP contribution in [0.3, 0.4) is 0 Å². The molecule has 1 atom stereocenters. The Morgan fingerprint density at radius 1 is 1.20 bits per heavy atom. The van der Waals surface area contributed by atoms with E-state index in [1.807, 2.05) is 0 Å². The molecule has 0 radical (unpaired) electrons. The number of benzene rings is 1. The number of hydrogen-bond donors (Lipinski definition) is 1. The Morgan fingerprint density at radius 3 is 2.50 bits per heavy atom. The van der Waals surface area contributed by atoms with E-state index < -0.39 is 0 Å². The molecule has 2 heteroatoms. The minimum atomic E-state index is 0.231. The van der Waals surface area contributed by atoms with Gasteiger partial charge in [0.15, 0.2) is 0 Å². The third-order valence-electron chi connectivity index (χ3n) is 5.24. The van der Waals surface area contributed by atoms with E-state index in [0.717, 1.165) is 13.1 Å². The molecule has 1 saturated heterocycles. The van der Waals surface area contributed by atoms with E-state index >= 15 is 0 Å². The zero-order valence-corrected chi connectivity index (χ0v) is 13.2. The summed E-state index contributed by atoms with van der Waals surface area (Å²) in [5.74, 6) is 0. The van der Waals surface area contributed by atoms with Gasteiger partial charge in [-0.05, 0) is 44.1 Å². The van der Waals surface area contributed by atoms with Gasteiger partial charge in [0.2, 0.25) is 0 Å². The maximum atomic E-state index is 3.72. The first kappa shape index (κ1) is 14.1. The fraction of sp³-hybridized carbons (Fsp3) is 0.667. The lowest BCUT2D eigenvalue weighted by molar-refractivity contribution is 0.0729. The molecule has 1 saturated carbocycles. The van der Waals surface area contributed by atoms with Gasteiger partial charge in [0.05, 0.1) is 0 Å². The highest BCUT2D eigenvalue weighted by atomic mass is 15.3. The molecule has 20 heavy (non-hydrogen) atoms. The molecule has 0 aromatic heterocycles. The number of rotatable bonds is 4. The van der Waals surface area contributed by atoms with Crippen LogP contribution in [-0.4, -0.2) is 30.1 Å². The van der Waals surface area contributed by atoms with Crippen LogP contribution in [0.2, 0.25) is 0 Å². The highest BCUT2D eigenvalue weighted by Gasteiger charge is 2.45. The predicted molar refractivity (Wildman–Crippen MR) is 84.8 cm³/mol. The fourth-order valence-electron chi connectivity index (χ4n) is 3.58. The van der Waals surface area contributed by atoms with Gasteiger partial charge < -0.3 is 5.32 Å². The molecule has 2 aliphatic rings. The second-order valence-electron chi connectivity index (χ2n) is 7.45. The van der Waals surface area contributed by atoms with Crippen molar-refractivity contribution in [1.82, 2.24) is 10.2 Å². The van der Waals surface area contributed by atoms with Gasteiger partial charge in [-0.2, -0.15) is 0 Å². The quantitative estimate of drug-likeness (QED) is 0.901. The number of nitrogens with zero attached hydrogens (tertiary/aromatic N) is 1. The van der Waals surface area contributed by atoms with Crippen molar-refractivity contribution in [2.75, 3.05) is 19.6 Å². The summed E-state index contributed by atoms with van der Waals surface area (Å²) in [5, 5.41) is 3.72. The normalized spacial score (nSPS) is 28.2. The van der Waals surface area contributed by atoms with E-state index in [4.69, 9.17) is 0 Å². The summed E-state index contributed by atoms with van der Waals surface area (Å²) in [5.41, 5.74) is 2.32. The molecule has 0 spiro atoms. The molecule has 1 aliphatic carbocycles. The lowest BCUT2D eigenvalue weighted by Crippen LogP contribution is -2.59. The molecular weight excluding hydrogens is 244 g/mol. The molecule has 110 valence electrons. The Hall–Kier alpha value is -0.860. The van der Waals surface area contributed by atoms with Gasteiger partial charge in [-0.15, -0.1) is 0 Å². The lowest BCUT2D eigenvalue weighted by atomic mass is 9.92. The smallest absolute Gasteiger partial charge is 0.0473 e. The van der Waals surface area contributed by atoms with Gasteiger partial charge in [-0.25, -0.2) is 0 Å². The SMILES string of the molecule is CCC1(CN2CC(C)(C)NCC2c2ccccc2)CC1. The van der Waals surface area contributed by atoms with Crippen LogP contribution in [-0.2, 0) is 0 Å².